The normalized spacial score (nSPS) is 10.3. The maximum absolute atomic E-state index is 13.0. The van der Waals surface area contributed by atoms with E-state index in [0.717, 1.165) is 6.42 Å². The first kappa shape index (κ1) is 13.2. The van der Waals surface area contributed by atoms with Gasteiger partial charge in [-0.05, 0) is 62.9 Å². The summed E-state index contributed by atoms with van der Waals surface area (Å²) in [4.78, 5) is 11.8. The summed E-state index contributed by atoms with van der Waals surface area (Å²) in [6, 6.07) is 6.26. The van der Waals surface area contributed by atoms with Crippen LogP contribution in [0.1, 0.15) is 15.9 Å². The average Bonchev–Trinajstić information content (AvgIpc) is 2.85. The number of hydrogen-bond acceptors (Lipinski definition) is 2. The predicted octanol–water partition coefficient (Wildman–Crippen LogP) is 3.62. The number of hydrogen-bond donors (Lipinski definition) is 1. The summed E-state index contributed by atoms with van der Waals surface area (Å²) in [5.74, 6) is -0.559. The number of benzene rings is 1. The summed E-state index contributed by atoms with van der Waals surface area (Å²) in [5.41, 5.74) is 1.66. The quantitative estimate of drug-likeness (QED) is 0.912. The van der Waals surface area contributed by atoms with Gasteiger partial charge in [-0.3, -0.25) is 4.79 Å². The molecule has 0 atom stereocenters. The Morgan fingerprint density at radius 1 is 1.39 bits per heavy atom. The van der Waals surface area contributed by atoms with Crippen molar-refractivity contribution in [1.82, 2.24) is 5.32 Å². The molecule has 1 aromatic heterocycles. The third-order valence-electron chi connectivity index (χ3n) is 2.46. The Bertz CT molecular complexity index is 542. The second kappa shape index (κ2) is 6.11. The molecule has 0 aliphatic carbocycles. The second-order valence-corrected chi connectivity index (χ2v) is 5.40. The van der Waals surface area contributed by atoms with Crippen LogP contribution < -0.4 is 5.32 Å². The van der Waals surface area contributed by atoms with Gasteiger partial charge in [0.15, 0.2) is 0 Å². The third-order valence-corrected chi connectivity index (χ3v) is 3.80. The summed E-state index contributed by atoms with van der Waals surface area (Å²) >= 11 is 4.70. The Morgan fingerprint density at radius 3 is 2.89 bits per heavy atom. The van der Waals surface area contributed by atoms with E-state index in [-0.39, 0.29) is 11.7 Å². The van der Waals surface area contributed by atoms with Crippen LogP contribution in [0.5, 0.6) is 0 Å². The summed E-state index contributed by atoms with van der Waals surface area (Å²) in [5, 5.41) is 6.87. The molecule has 1 heterocycles. The van der Waals surface area contributed by atoms with Gasteiger partial charge in [-0.25, -0.2) is 4.39 Å². The van der Waals surface area contributed by atoms with Crippen LogP contribution in [0.4, 0.5) is 4.39 Å². The fourth-order valence-electron chi connectivity index (χ4n) is 1.49. The highest BCUT2D eigenvalue weighted by atomic mass is 79.9. The maximum atomic E-state index is 13.0. The van der Waals surface area contributed by atoms with Crippen molar-refractivity contribution in [2.45, 2.75) is 6.42 Å². The molecule has 1 aromatic carbocycles. The van der Waals surface area contributed by atoms with E-state index in [1.54, 1.807) is 11.3 Å². The highest BCUT2D eigenvalue weighted by Gasteiger charge is 2.07. The number of carbonyl (C=O) groups is 1. The number of thiophene rings is 1. The zero-order valence-corrected chi connectivity index (χ0v) is 11.9. The van der Waals surface area contributed by atoms with Crippen LogP contribution in [0, 0.1) is 5.82 Å². The van der Waals surface area contributed by atoms with Gasteiger partial charge in [0.1, 0.15) is 5.82 Å². The molecule has 94 valence electrons. The van der Waals surface area contributed by atoms with Crippen molar-refractivity contribution in [2.24, 2.45) is 0 Å². The highest BCUT2D eigenvalue weighted by Crippen LogP contribution is 2.16. The lowest BCUT2D eigenvalue weighted by Crippen LogP contribution is -2.25. The fraction of sp³-hybridized carbons (Fsp3) is 0.154. The van der Waals surface area contributed by atoms with Crippen molar-refractivity contribution in [3.8, 4) is 0 Å². The van der Waals surface area contributed by atoms with Gasteiger partial charge in [-0.1, -0.05) is 0 Å². The van der Waals surface area contributed by atoms with Gasteiger partial charge < -0.3 is 5.32 Å². The number of rotatable bonds is 4. The maximum Gasteiger partial charge on any atom is 0.251 e. The van der Waals surface area contributed by atoms with Crippen LogP contribution in [0.3, 0.4) is 0 Å². The van der Waals surface area contributed by atoms with Crippen LogP contribution >= 0.6 is 27.3 Å². The van der Waals surface area contributed by atoms with Crippen LogP contribution in [0.15, 0.2) is 39.5 Å². The first-order valence-electron chi connectivity index (χ1n) is 5.41. The predicted molar refractivity (Wildman–Crippen MR) is 74.5 cm³/mol. The van der Waals surface area contributed by atoms with E-state index in [2.05, 4.69) is 26.6 Å². The third kappa shape index (κ3) is 3.40. The molecule has 2 nitrogen and oxygen atoms in total. The van der Waals surface area contributed by atoms with Gasteiger partial charge in [0.25, 0.3) is 5.91 Å². The van der Waals surface area contributed by atoms with Crippen molar-refractivity contribution in [1.29, 1.82) is 0 Å². The van der Waals surface area contributed by atoms with Crippen molar-refractivity contribution in [2.75, 3.05) is 6.54 Å². The Kier molecular flexibility index (Phi) is 4.49. The van der Waals surface area contributed by atoms with Crippen molar-refractivity contribution < 1.29 is 9.18 Å². The number of amides is 1. The molecular formula is C13H11BrFNOS. The van der Waals surface area contributed by atoms with Crippen LogP contribution in [-0.2, 0) is 6.42 Å². The molecule has 0 spiro atoms. The highest BCUT2D eigenvalue weighted by molar-refractivity contribution is 9.10. The minimum Gasteiger partial charge on any atom is -0.352 e. The van der Waals surface area contributed by atoms with E-state index < -0.39 is 0 Å². The molecule has 0 aliphatic heterocycles. The van der Waals surface area contributed by atoms with E-state index in [1.165, 1.54) is 23.8 Å². The van der Waals surface area contributed by atoms with E-state index in [0.29, 0.717) is 16.6 Å². The van der Waals surface area contributed by atoms with Crippen molar-refractivity contribution >= 4 is 33.2 Å². The Hall–Kier alpha value is -1.20. The van der Waals surface area contributed by atoms with Gasteiger partial charge in [0, 0.05) is 12.1 Å². The first-order valence-corrected chi connectivity index (χ1v) is 7.15. The molecule has 0 saturated carbocycles. The zero-order chi connectivity index (χ0) is 13.0. The molecule has 2 aromatic rings. The summed E-state index contributed by atoms with van der Waals surface area (Å²) < 4.78 is 13.3. The molecule has 0 saturated heterocycles. The van der Waals surface area contributed by atoms with E-state index in [9.17, 15) is 9.18 Å². The first-order chi connectivity index (χ1) is 8.66. The molecule has 18 heavy (non-hydrogen) atoms. The lowest BCUT2D eigenvalue weighted by molar-refractivity contribution is 0.0954. The van der Waals surface area contributed by atoms with Crippen molar-refractivity contribution in [3.05, 3.63) is 56.4 Å². The molecule has 5 heteroatoms. The van der Waals surface area contributed by atoms with Crippen LogP contribution in [-0.4, -0.2) is 12.5 Å². The average molecular weight is 328 g/mol. The van der Waals surface area contributed by atoms with Gasteiger partial charge in [-0.15, -0.1) is 0 Å². The lowest BCUT2D eigenvalue weighted by atomic mass is 10.2. The SMILES string of the molecule is O=C(NCCc1ccsc1)c1ccc(F)c(Br)c1. The smallest absolute Gasteiger partial charge is 0.251 e. The van der Waals surface area contributed by atoms with E-state index in [1.807, 2.05) is 11.4 Å². The van der Waals surface area contributed by atoms with E-state index in [4.69, 9.17) is 0 Å². The Morgan fingerprint density at radius 2 is 2.22 bits per heavy atom. The van der Waals surface area contributed by atoms with Gasteiger partial charge in [0.05, 0.1) is 4.47 Å². The molecule has 0 radical (unpaired) electrons. The Labute approximate surface area is 117 Å². The second-order valence-electron chi connectivity index (χ2n) is 3.77. The van der Waals surface area contributed by atoms with Gasteiger partial charge >= 0.3 is 0 Å². The van der Waals surface area contributed by atoms with Crippen LogP contribution in [0.2, 0.25) is 0 Å². The van der Waals surface area contributed by atoms with Crippen molar-refractivity contribution in [3.63, 3.8) is 0 Å². The minimum absolute atomic E-state index is 0.189. The minimum atomic E-state index is -0.371. The molecule has 0 fully saturated rings. The molecule has 2 rings (SSSR count). The standard InChI is InChI=1S/C13H11BrFNOS/c14-11-7-10(1-2-12(11)15)13(17)16-5-3-9-4-6-18-8-9/h1-2,4,6-8H,3,5H2,(H,16,17). The molecule has 1 amide bonds. The van der Waals surface area contributed by atoms with Crippen LogP contribution in [0.25, 0.3) is 0 Å². The van der Waals surface area contributed by atoms with E-state index >= 15 is 0 Å². The monoisotopic (exact) mass is 327 g/mol. The summed E-state index contributed by atoms with van der Waals surface area (Å²) in [7, 11) is 0. The van der Waals surface area contributed by atoms with Gasteiger partial charge in [-0.2, -0.15) is 11.3 Å². The molecule has 1 N–H and O–H groups in total. The molecule has 0 bridgehead atoms. The van der Waals surface area contributed by atoms with Gasteiger partial charge in [0.2, 0.25) is 0 Å². The largest absolute Gasteiger partial charge is 0.352 e. The molecular weight excluding hydrogens is 317 g/mol. The topological polar surface area (TPSA) is 29.1 Å². The number of halogens is 2. The molecule has 0 unspecified atom stereocenters. The summed E-state index contributed by atoms with van der Waals surface area (Å²) in [6.07, 6.45) is 0.803. The number of carbonyl (C=O) groups excluding carboxylic acids is 1. The fourth-order valence-corrected chi connectivity index (χ4v) is 2.58. The lowest BCUT2D eigenvalue weighted by Gasteiger charge is -2.05. The number of nitrogens with one attached hydrogen (secondary N) is 1. The molecule has 0 aliphatic rings. The zero-order valence-electron chi connectivity index (χ0n) is 9.45. The Balaban J connectivity index is 1.89. The summed E-state index contributed by atoms with van der Waals surface area (Å²) in [6.45, 7) is 0.574.